The lowest BCUT2D eigenvalue weighted by Gasteiger charge is -2.35. The van der Waals surface area contributed by atoms with E-state index in [9.17, 15) is 9.18 Å². The van der Waals surface area contributed by atoms with Crippen LogP contribution in [0.5, 0.6) is 5.75 Å². The van der Waals surface area contributed by atoms with Crippen LogP contribution in [0.1, 0.15) is 44.2 Å². The van der Waals surface area contributed by atoms with E-state index in [4.69, 9.17) is 10.5 Å². The van der Waals surface area contributed by atoms with Gasteiger partial charge in [-0.05, 0) is 49.1 Å². The highest BCUT2D eigenvalue weighted by Crippen LogP contribution is 2.38. The number of hydrogen-bond acceptors (Lipinski definition) is 4. The van der Waals surface area contributed by atoms with Gasteiger partial charge in [-0.2, -0.15) is 0 Å². The Morgan fingerprint density at radius 1 is 1.22 bits per heavy atom. The molecule has 0 unspecified atom stereocenters. The molecule has 1 aliphatic rings. The number of pyridine rings is 1. The van der Waals surface area contributed by atoms with Crippen LogP contribution < -0.4 is 15.8 Å². The summed E-state index contributed by atoms with van der Waals surface area (Å²) in [6, 6.07) is 9.91. The van der Waals surface area contributed by atoms with Crippen molar-refractivity contribution in [1.29, 1.82) is 0 Å². The van der Waals surface area contributed by atoms with Crippen molar-refractivity contribution in [2.45, 2.75) is 45.1 Å². The Morgan fingerprint density at radius 3 is 2.70 bits per heavy atom. The quantitative estimate of drug-likeness (QED) is 0.770. The lowest BCUT2D eigenvalue weighted by atomic mass is 9.71. The Balaban J connectivity index is 1.57. The molecule has 1 amide bonds. The van der Waals surface area contributed by atoms with Gasteiger partial charge < -0.3 is 15.8 Å². The van der Waals surface area contributed by atoms with E-state index in [0.29, 0.717) is 24.3 Å². The maximum absolute atomic E-state index is 14.3. The van der Waals surface area contributed by atoms with E-state index in [1.165, 1.54) is 18.6 Å². The number of carbonyl (C=O) groups is 1. The Labute approximate surface area is 159 Å². The molecule has 2 aromatic rings. The number of halogens is 1. The molecule has 0 bridgehead atoms. The molecule has 0 spiro atoms. The molecule has 0 aliphatic heterocycles. The van der Waals surface area contributed by atoms with Gasteiger partial charge in [0.25, 0.3) is 0 Å². The Kier molecular flexibility index (Phi) is 6.40. The van der Waals surface area contributed by atoms with E-state index in [1.54, 1.807) is 12.3 Å². The lowest BCUT2D eigenvalue weighted by molar-refractivity contribution is -0.118. The number of ether oxygens (including phenoxy) is 1. The average molecular weight is 371 g/mol. The minimum Gasteiger partial charge on any atom is -0.484 e. The zero-order chi connectivity index (χ0) is 19.1. The van der Waals surface area contributed by atoms with Crippen molar-refractivity contribution in [3.8, 4) is 5.75 Å². The van der Waals surface area contributed by atoms with Crippen molar-refractivity contribution in [1.82, 2.24) is 4.98 Å². The van der Waals surface area contributed by atoms with E-state index in [2.05, 4.69) is 10.3 Å². The number of nitrogens with zero attached hydrogens (tertiary/aromatic N) is 1. The van der Waals surface area contributed by atoms with E-state index in [-0.39, 0.29) is 23.7 Å². The van der Waals surface area contributed by atoms with Gasteiger partial charge in [-0.3, -0.25) is 9.78 Å². The summed E-state index contributed by atoms with van der Waals surface area (Å²) >= 11 is 0. The first-order valence-electron chi connectivity index (χ1n) is 9.42. The second kappa shape index (κ2) is 8.95. The predicted octanol–water partition coefficient (Wildman–Crippen LogP) is 4.04. The van der Waals surface area contributed by atoms with E-state index < -0.39 is 5.82 Å². The molecule has 0 atom stereocenters. The molecule has 0 saturated heterocycles. The highest BCUT2D eigenvalue weighted by Gasteiger charge is 2.33. The number of carbonyl (C=O) groups excluding carboxylic acids is 1. The van der Waals surface area contributed by atoms with Gasteiger partial charge in [0.05, 0.1) is 5.69 Å². The first-order chi connectivity index (χ1) is 13.1. The van der Waals surface area contributed by atoms with Gasteiger partial charge in [-0.25, -0.2) is 4.39 Å². The van der Waals surface area contributed by atoms with Crippen LogP contribution in [-0.2, 0) is 11.4 Å². The summed E-state index contributed by atoms with van der Waals surface area (Å²) in [6.45, 7) is 0.692. The summed E-state index contributed by atoms with van der Waals surface area (Å²) in [5.41, 5.74) is 6.96. The second-order valence-electron chi connectivity index (χ2n) is 7.24. The first kappa shape index (κ1) is 19.3. The van der Waals surface area contributed by atoms with Crippen LogP contribution in [0.3, 0.4) is 0 Å². The van der Waals surface area contributed by atoms with Crippen LogP contribution in [0.15, 0.2) is 42.6 Å². The van der Waals surface area contributed by atoms with Gasteiger partial charge in [0.2, 0.25) is 5.91 Å². The fourth-order valence-corrected chi connectivity index (χ4v) is 3.63. The fraction of sp³-hybridized carbons (Fsp3) is 0.429. The van der Waals surface area contributed by atoms with E-state index >= 15 is 0 Å². The largest absolute Gasteiger partial charge is 0.484 e. The van der Waals surface area contributed by atoms with Crippen LogP contribution in [0, 0.1) is 11.2 Å². The van der Waals surface area contributed by atoms with Gasteiger partial charge in [-0.1, -0.05) is 25.3 Å². The summed E-state index contributed by atoms with van der Waals surface area (Å²) in [5.74, 6) is -0.511. The van der Waals surface area contributed by atoms with Crippen molar-refractivity contribution >= 4 is 11.6 Å². The third kappa shape index (κ3) is 5.26. The second-order valence-corrected chi connectivity index (χ2v) is 7.24. The van der Waals surface area contributed by atoms with Crippen LogP contribution in [0.2, 0.25) is 0 Å². The molecule has 1 saturated carbocycles. The van der Waals surface area contributed by atoms with Gasteiger partial charge >= 0.3 is 0 Å². The number of amides is 1. The van der Waals surface area contributed by atoms with Crippen LogP contribution in [0.4, 0.5) is 10.1 Å². The number of hydrogen-bond donors (Lipinski definition) is 2. The average Bonchev–Trinajstić information content (AvgIpc) is 2.69. The standard InChI is InChI=1S/C21H26FN3O2/c22-18-12-16(7-8-19(18)27-14-17-6-2-5-11-24-17)25-20(26)13-21(15-23)9-3-1-4-10-21/h2,5-8,11-12H,1,3-4,9-10,13-15,23H2,(H,25,26). The zero-order valence-corrected chi connectivity index (χ0v) is 15.4. The van der Waals surface area contributed by atoms with E-state index in [1.807, 2.05) is 18.2 Å². The third-order valence-electron chi connectivity index (χ3n) is 5.20. The molecule has 144 valence electrons. The molecule has 3 rings (SSSR count). The maximum Gasteiger partial charge on any atom is 0.224 e. The Hall–Kier alpha value is -2.47. The monoisotopic (exact) mass is 371 g/mol. The molecule has 27 heavy (non-hydrogen) atoms. The highest BCUT2D eigenvalue weighted by atomic mass is 19.1. The third-order valence-corrected chi connectivity index (χ3v) is 5.20. The molecular formula is C21H26FN3O2. The number of nitrogens with two attached hydrogens (primary N) is 1. The molecule has 1 aliphatic carbocycles. The minimum atomic E-state index is -0.519. The van der Waals surface area contributed by atoms with Crippen LogP contribution in [-0.4, -0.2) is 17.4 Å². The number of aromatic nitrogens is 1. The summed E-state index contributed by atoms with van der Waals surface area (Å²) in [7, 11) is 0. The smallest absolute Gasteiger partial charge is 0.224 e. The molecule has 1 aromatic heterocycles. The first-order valence-corrected chi connectivity index (χ1v) is 9.42. The molecule has 3 N–H and O–H groups in total. The topological polar surface area (TPSA) is 77.2 Å². The van der Waals surface area contributed by atoms with Gasteiger partial charge in [-0.15, -0.1) is 0 Å². The number of anilines is 1. The summed E-state index contributed by atoms with van der Waals surface area (Å²) in [5, 5.41) is 2.79. The number of nitrogens with one attached hydrogen (secondary N) is 1. The molecule has 0 radical (unpaired) electrons. The molecule has 5 nitrogen and oxygen atoms in total. The van der Waals surface area contributed by atoms with Crippen molar-refractivity contribution in [3.63, 3.8) is 0 Å². The van der Waals surface area contributed by atoms with Gasteiger partial charge in [0, 0.05) is 24.4 Å². The van der Waals surface area contributed by atoms with Crippen LogP contribution in [0.25, 0.3) is 0 Å². The van der Waals surface area contributed by atoms with Gasteiger partial charge in [0.1, 0.15) is 6.61 Å². The number of benzene rings is 1. The molecule has 1 fully saturated rings. The Bertz CT molecular complexity index is 761. The number of rotatable bonds is 7. The van der Waals surface area contributed by atoms with Gasteiger partial charge in [0.15, 0.2) is 11.6 Å². The lowest BCUT2D eigenvalue weighted by Crippen LogP contribution is -2.36. The SMILES string of the molecule is NCC1(CC(=O)Nc2ccc(OCc3ccccn3)c(F)c2)CCCCC1. The highest BCUT2D eigenvalue weighted by molar-refractivity contribution is 5.91. The minimum absolute atomic E-state index is 0.118. The van der Waals surface area contributed by atoms with Crippen molar-refractivity contribution in [3.05, 3.63) is 54.1 Å². The maximum atomic E-state index is 14.3. The van der Waals surface area contributed by atoms with Crippen LogP contribution >= 0.6 is 0 Å². The van der Waals surface area contributed by atoms with Crippen molar-refractivity contribution in [2.24, 2.45) is 11.1 Å². The van der Waals surface area contributed by atoms with Crippen molar-refractivity contribution in [2.75, 3.05) is 11.9 Å². The summed E-state index contributed by atoms with van der Waals surface area (Å²) in [4.78, 5) is 16.6. The normalized spacial score (nSPS) is 15.9. The predicted molar refractivity (Wildman–Crippen MR) is 103 cm³/mol. The van der Waals surface area contributed by atoms with E-state index in [0.717, 1.165) is 25.7 Å². The Morgan fingerprint density at radius 2 is 2.04 bits per heavy atom. The molecular weight excluding hydrogens is 345 g/mol. The summed E-state index contributed by atoms with van der Waals surface area (Å²) < 4.78 is 19.8. The fourth-order valence-electron chi connectivity index (χ4n) is 3.63. The molecule has 1 heterocycles. The molecule has 6 heteroatoms. The zero-order valence-electron chi connectivity index (χ0n) is 15.4. The summed E-state index contributed by atoms with van der Waals surface area (Å²) in [6.07, 6.45) is 7.42. The molecule has 1 aromatic carbocycles. The van der Waals surface area contributed by atoms with Crippen molar-refractivity contribution < 1.29 is 13.9 Å².